The van der Waals surface area contributed by atoms with Crippen molar-refractivity contribution < 1.29 is 14.6 Å². The van der Waals surface area contributed by atoms with Crippen molar-refractivity contribution in [3.8, 4) is 0 Å². The van der Waals surface area contributed by atoms with Crippen molar-refractivity contribution in [1.29, 1.82) is 0 Å². The molecule has 0 fully saturated rings. The van der Waals surface area contributed by atoms with Crippen LogP contribution in [0.3, 0.4) is 0 Å². The molecule has 0 aromatic rings. The summed E-state index contributed by atoms with van der Waals surface area (Å²) in [7, 11) is 0. The molecule has 0 saturated heterocycles. The molecule has 0 aliphatic rings. The van der Waals surface area contributed by atoms with Crippen LogP contribution >= 0.6 is 0 Å². The van der Waals surface area contributed by atoms with Crippen LogP contribution < -0.4 is 0 Å². The first-order valence-corrected chi connectivity index (χ1v) is 15.1. The van der Waals surface area contributed by atoms with Crippen LogP contribution in [0.5, 0.6) is 0 Å². The number of aliphatic hydroxyl groups is 1. The number of rotatable bonds is 28. The van der Waals surface area contributed by atoms with E-state index in [4.69, 9.17) is 14.6 Å². The van der Waals surface area contributed by atoms with Crippen LogP contribution in [-0.4, -0.2) is 37.6 Å². The van der Waals surface area contributed by atoms with Gasteiger partial charge in [-0.15, -0.1) is 0 Å². The lowest BCUT2D eigenvalue weighted by Gasteiger charge is -2.23. The molecule has 1 N–H and O–H groups in total. The van der Waals surface area contributed by atoms with Crippen LogP contribution in [0.25, 0.3) is 0 Å². The van der Waals surface area contributed by atoms with E-state index in [0.717, 1.165) is 5.92 Å². The Hall–Kier alpha value is -0.120. The summed E-state index contributed by atoms with van der Waals surface area (Å²) < 4.78 is 11.6. The van der Waals surface area contributed by atoms with Crippen LogP contribution in [0.15, 0.2) is 0 Å². The summed E-state index contributed by atoms with van der Waals surface area (Å²) in [6.45, 7) is 8.68. The first-order chi connectivity index (χ1) is 16.3. The smallest absolute Gasteiger partial charge is 0.0704 e. The molecule has 33 heavy (non-hydrogen) atoms. The largest absolute Gasteiger partial charge is 0.394 e. The van der Waals surface area contributed by atoms with Gasteiger partial charge < -0.3 is 14.6 Å². The van der Waals surface area contributed by atoms with Crippen molar-refractivity contribution in [3.05, 3.63) is 0 Å². The van der Waals surface area contributed by atoms with Gasteiger partial charge in [-0.25, -0.2) is 0 Å². The number of unbranched alkanes of at least 4 members (excludes halogenated alkanes) is 15. The van der Waals surface area contributed by atoms with Crippen LogP contribution in [0.1, 0.15) is 156 Å². The maximum Gasteiger partial charge on any atom is 0.0704 e. The lowest BCUT2D eigenvalue weighted by Crippen LogP contribution is -2.20. The quantitative estimate of drug-likeness (QED) is 0.116. The minimum absolute atomic E-state index is 0.0947. The van der Waals surface area contributed by atoms with Gasteiger partial charge >= 0.3 is 0 Å². The number of hydrogen-bond acceptors (Lipinski definition) is 3. The maximum absolute atomic E-state index is 8.84. The van der Waals surface area contributed by atoms with E-state index in [0.29, 0.717) is 25.9 Å². The highest BCUT2D eigenvalue weighted by Gasteiger charge is 2.15. The topological polar surface area (TPSA) is 38.7 Å². The van der Waals surface area contributed by atoms with Crippen LogP contribution in [0.4, 0.5) is 0 Å². The summed E-state index contributed by atoms with van der Waals surface area (Å²) >= 11 is 0. The number of aliphatic hydroxyl groups excluding tert-OH is 1. The number of hydrogen-bond donors (Lipinski definition) is 1. The second-order valence-electron chi connectivity index (χ2n) is 10.2. The van der Waals surface area contributed by atoms with Crippen molar-refractivity contribution in [2.75, 3.05) is 26.4 Å². The Morgan fingerprint density at radius 2 is 1.06 bits per heavy atom. The maximum atomic E-state index is 8.84. The fourth-order valence-electron chi connectivity index (χ4n) is 4.81. The van der Waals surface area contributed by atoms with Gasteiger partial charge in [0, 0.05) is 0 Å². The highest BCUT2D eigenvalue weighted by Crippen LogP contribution is 2.23. The fraction of sp³-hybridized carbons (Fsp3) is 1.00. The Morgan fingerprint density at radius 3 is 1.55 bits per heavy atom. The van der Waals surface area contributed by atoms with E-state index in [1.807, 2.05) is 0 Å². The molecule has 2 atom stereocenters. The molecule has 0 rings (SSSR count). The monoisotopic (exact) mass is 470 g/mol. The first-order valence-electron chi connectivity index (χ1n) is 15.1. The molecule has 0 aromatic carbocycles. The normalized spacial score (nSPS) is 13.5. The van der Waals surface area contributed by atoms with Gasteiger partial charge in [0.1, 0.15) is 0 Å². The van der Waals surface area contributed by atoms with Gasteiger partial charge in [0.15, 0.2) is 0 Å². The van der Waals surface area contributed by atoms with E-state index >= 15 is 0 Å². The van der Waals surface area contributed by atoms with Crippen molar-refractivity contribution in [3.63, 3.8) is 0 Å². The van der Waals surface area contributed by atoms with E-state index in [1.54, 1.807) is 0 Å². The Labute approximate surface area is 208 Å². The molecule has 0 saturated carbocycles. The Balaban J connectivity index is 3.76. The van der Waals surface area contributed by atoms with Gasteiger partial charge in [-0.05, 0) is 18.8 Å². The summed E-state index contributed by atoms with van der Waals surface area (Å²) in [4.78, 5) is 0. The lowest BCUT2D eigenvalue weighted by molar-refractivity contribution is -0.0159. The lowest BCUT2D eigenvalue weighted by atomic mass is 9.91. The minimum atomic E-state index is 0.0947. The van der Waals surface area contributed by atoms with Crippen LogP contribution in [-0.2, 0) is 9.47 Å². The molecule has 3 heteroatoms. The molecule has 0 aliphatic carbocycles. The minimum Gasteiger partial charge on any atom is -0.394 e. The average molecular weight is 471 g/mol. The average Bonchev–Trinajstić information content (AvgIpc) is 2.83. The van der Waals surface area contributed by atoms with E-state index in [9.17, 15) is 0 Å². The Bertz CT molecular complexity index is 347. The van der Waals surface area contributed by atoms with Crippen molar-refractivity contribution in [1.82, 2.24) is 0 Å². The summed E-state index contributed by atoms with van der Waals surface area (Å²) in [6.07, 6.45) is 29.2. The molecule has 0 spiro atoms. The third-order valence-electron chi connectivity index (χ3n) is 7.09. The van der Waals surface area contributed by atoms with E-state index in [-0.39, 0.29) is 6.61 Å². The molecule has 0 aliphatic heterocycles. The van der Waals surface area contributed by atoms with Crippen LogP contribution in [0.2, 0.25) is 0 Å². The summed E-state index contributed by atoms with van der Waals surface area (Å²) in [5.74, 6) is 0.796. The molecule has 0 bridgehead atoms. The van der Waals surface area contributed by atoms with Crippen molar-refractivity contribution in [2.45, 2.75) is 162 Å². The molecular weight excluding hydrogens is 408 g/mol. The zero-order chi connectivity index (χ0) is 24.2. The first kappa shape index (κ1) is 32.9. The zero-order valence-electron chi connectivity index (χ0n) is 23.1. The highest BCUT2D eigenvalue weighted by atomic mass is 16.5. The van der Waals surface area contributed by atoms with E-state index in [1.165, 1.54) is 135 Å². The summed E-state index contributed by atoms with van der Waals surface area (Å²) in [5, 5.41) is 8.84. The Morgan fingerprint density at radius 1 is 0.545 bits per heavy atom. The molecule has 3 nitrogen and oxygen atoms in total. The molecule has 0 heterocycles. The third kappa shape index (κ3) is 24.8. The standard InChI is InChI=1S/C30H62O3/c1-4-7-9-10-11-12-13-14-15-16-17-18-19-20-21-23-30(33-27-26-32-25-24-31)28-29(6-3)22-8-5-2/h29-31H,4-28H2,1-3H3. The second-order valence-corrected chi connectivity index (χ2v) is 10.2. The van der Waals surface area contributed by atoms with E-state index < -0.39 is 0 Å². The molecule has 0 radical (unpaired) electrons. The predicted octanol–water partition coefficient (Wildman–Crippen LogP) is 9.25. The Kier molecular flexibility index (Phi) is 28.0. The molecule has 2 unspecified atom stereocenters. The van der Waals surface area contributed by atoms with Crippen molar-refractivity contribution in [2.24, 2.45) is 5.92 Å². The molecule has 0 aromatic heterocycles. The molecular formula is C30H62O3. The highest BCUT2D eigenvalue weighted by molar-refractivity contribution is 4.67. The van der Waals surface area contributed by atoms with Gasteiger partial charge in [0.05, 0.1) is 32.5 Å². The molecule has 0 amide bonds. The van der Waals surface area contributed by atoms with E-state index in [2.05, 4.69) is 20.8 Å². The SMILES string of the molecule is CCCCCCCCCCCCCCCCCC(CC(CC)CCCC)OCCOCCO. The number of ether oxygens (including phenoxy) is 2. The van der Waals surface area contributed by atoms with Gasteiger partial charge in [0.25, 0.3) is 0 Å². The summed E-state index contributed by atoms with van der Waals surface area (Å²) in [6, 6.07) is 0. The summed E-state index contributed by atoms with van der Waals surface area (Å²) in [5.41, 5.74) is 0. The third-order valence-corrected chi connectivity index (χ3v) is 7.09. The second kappa shape index (κ2) is 28.1. The fourth-order valence-corrected chi connectivity index (χ4v) is 4.81. The van der Waals surface area contributed by atoms with Gasteiger partial charge in [-0.1, -0.05) is 143 Å². The van der Waals surface area contributed by atoms with Gasteiger partial charge in [0.2, 0.25) is 0 Å². The van der Waals surface area contributed by atoms with Crippen LogP contribution in [0, 0.1) is 5.92 Å². The predicted molar refractivity (Wildman–Crippen MR) is 145 cm³/mol. The molecule has 200 valence electrons. The zero-order valence-corrected chi connectivity index (χ0v) is 23.1. The van der Waals surface area contributed by atoms with Gasteiger partial charge in [-0.3, -0.25) is 0 Å². The van der Waals surface area contributed by atoms with Crippen molar-refractivity contribution >= 4 is 0 Å². The van der Waals surface area contributed by atoms with Gasteiger partial charge in [-0.2, -0.15) is 0 Å².